The van der Waals surface area contributed by atoms with Crippen LogP contribution in [0, 0.1) is 5.82 Å². The lowest BCUT2D eigenvalue weighted by Crippen LogP contribution is -2.46. The molecular formula is C25H27FN2O2S. The maximum Gasteiger partial charge on any atom is 0.242 e. The van der Waals surface area contributed by atoms with E-state index in [2.05, 4.69) is 0 Å². The molecule has 0 aliphatic carbocycles. The normalized spacial score (nSPS) is 10.8. The third-order valence-electron chi connectivity index (χ3n) is 5.01. The highest BCUT2D eigenvalue weighted by Crippen LogP contribution is 2.16. The van der Waals surface area contributed by atoms with Crippen molar-refractivity contribution in [1.29, 1.82) is 0 Å². The molecule has 0 radical (unpaired) electrons. The summed E-state index contributed by atoms with van der Waals surface area (Å²) in [6, 6.07) is 19.5. The fourth-order valence-corrected chi connectivity index (χ4v) is 4.03. The molecule has 0 aliphatic heterocycles. The molecule has 0 N–H and O–H groups in total. The molecule has 3 rings (SSSR count). The van der Waals surface area contributed by atoms with Gasteiger partial charge in [-0.25, -0.2) is 4.39 Å². The molecule has 0 unspecified atom stereocenters. The summed E-state index contributed by atoms with van der Waals surface area (Å²) in [6.45, 7) is 4.65. The molecule has 1 heterocycles. The van der Waals surface area contributed by atoms with Gasteiger partial charge in [0.05, 0.1) is 13.0 Å². The Kier molecular flexibility index (Phi) is 7.95. The van der Waals surface area contributed by atoms with Crippen LogP contribution in [0.3, 0.4) is 0 Å². The number of hydrogen-bond donors (Lipinski definition) is 0. The van der Waals surface area contributed by atoms with Gasteiger partial charge in [0.25, 0.3) is 0 Å². The van der Waals surface area contributed by atoms with Gasteiger partial charge in [-0.2, -0.15) is 0 Å². The average Bonchev–Trinajstić information content (AvgIpc) is 3.26. The monoisotopic (exact) mass is 438 g/mol. The average molecular weight is 439 g/mol. The fraction of sp³-hybridized carbons (Fsp3) is 0.280. The Labute approximate surface area is 186 Å². The molecule has 2 amide bonds. The Bertz CT molecular complexity index is 973. The summed E-state index contributed by atoms with van der Waals surface area (Å²) in [7, 11) is 0. The van der Waals surface area contributed by atoms with E-state index in [1.165, 1.54) is 12.1 Å². The van der Waals surface area contributed by atoms with Crippen molar-refractivity contribution < 1.29 is 14.0 Å². The number of amides is 2. The second-order valence-corrected chi connectivity index (χ2v) is 8.77. The molecule has 0 aliphatic rings. The number of benzene rings is 2. The number of rotatable bonds is 9. The van der Waals surface area contributed by atoms with Gasteiger partial charge in [0.2, 0.25) is 11.8 Å². The van der Waals surface area contributed by atoms with E-state index in [9.17, 15) is 14.0 Å². The number of thiophene rings is 1. The molecule has 0 spiro atoms. The van der Waals surface area contributed by atoms with Crippen LogP contribution in [-0.4, -0.2) is 34.2 Å². The summed E-state index contributed by atoms with van der Waals surface area (Å²) in [4.78, 5) is 30.6. The van der Waals surface area contributed by atoms with Crippen molar-refractivity contribution in [2.24, 2.45) is 0 Å². The number of carbonyl (C=O) groups is 2. The molecule has 3 aromatic rings. The molecule has 0 saturated heterocycles. The Hall–Kier alpha value is -2.99. The molecule has 162 valence electrons. The molecule has 4 nitrogen and oxygen atoms in total. The number of nitrogens with zero attached hydrogens (tertiary/aromatic N) is 2. The highest BCUT2D eigenvalue weighted by Gasteiger charge is 2.24. The Morgan fingerprint density at radius 2 is 1.58 bits per heavy atom. The molecule has 0 fully saturated rings. The van der Waals surface area contributed by atoms with E-state index in [4.69, 9.17) is 0 Å². The molecule has 0 bridgehead atoms. The predicted molar refractivity (Wildman–Crippen MR) is 122 cm³/mol. The first kappa shape index (κ1) is 22.7. The zero-order chi connectivity index (χ0) is 22.2. The quantitative estimate of drug-likeness (QED) is 0.477. The highest BCUT2D eigenvalue weighted by atomic mass is 32.1. The van der Waals surface area contributed by atoms with Gasteiger partial charge in [0.1, 0.15) is 12.4 Å². The third kappa shape index (κ3) is 6.76. The summed E-state index contributed by atoms with van der Waals surface area (Å²) in [5.74, 6) is -0.516. The summed E-state index contributed by atoms with van der Waals surface area (Å²) in [6.07, 6.45) is 0.259. The van der Waals surface area contributed by atoms with Crippen molar-refractivity contribution in [2.45, 2.75) is 39.4 Å². The largest absolute Gasteiger partial charge is 0.332 e. The van der Waals surface area contributed by atoms with Crippen LogP contribution in [0.15, 0.2) is 72.1 Å². The molecule has 1 aromatic heterocycles. The van der Waals surface area contributed by atoms with Crippen LogP contribution in [0.1, 0.15) is 29.9 Å². The van der Waals surface area contributed by atoms with Crippen molar-refractivity contribution in [3.8, 4) is 0 Å². The summed E-state index contributed by atoms with van der Waals surface area (Å²) >= 11 is 1.58. The topological polar surface area (TPSA) is 40.6 Å². The van der Waals surface area contributed by atoms with Gasteiger partial charge >= 0.3 is 0 Å². The van der Waals surface area contributed by atoms with E-state index in [0.717, 1.165) is 16.0 Å². The van der Waals surface area contributed by atoms with Crippen LogP contribution in [0.2, 0.25) is 0 Å². The van der Waals surface area contributed by atoms with Crippen molar-refractivity contribution >= 4 is 23.2 Å². The van der Waals surface area contributed by atoms with Gasteiger partial charge in [-0.05, 0) is 48.6 Å². The summed E-state index contributed by atoms with van der Waals surface area (Å²) in [5, 5.41) is 1.97. The predicted octanol–water partition coefficient (Wildman–Crippen LogP) is 4.90. The van der Waals surface area contributed by atoms with Crippen LogP contribution < -0.4 is 0 Å². The van der Waals surface area contributed by atoms with Crippen LogP contribution in [0.5, 0.6) is 0 Å². The van der Waals surface area contributed by atoms with Crippen LogP contribution in [0.25, 0.3) is 0 Å². The van der Waals surface area contributed by atoms with Crippen LogP contribution >= 0.6 is 11.3 Å². The third-order valence-corrected chi connectivity index (χ3v) is 5.87. The molecule has 0 saturated carbocycles. The van der Waals surface area contributed by atoms with Gasteiger partial charge < -0.3 is 9.80 Å². The minimum atomic E-state index is -0.308. The van der Waals surface area contributed by atoms with Crippen molar-refractivity contribution in [2.75, 3.05) is 6.54 Å². The summed E-state index contributed by atoms with van der Waals surface area (Å²) < 4.78 is 13.3. The molecule has 6 heteroatoms. The van der Waals surface area contributed by atoms with Gasteiger partial charge in [0.15, 0.2) is 0 Å². The summed E-state index contributed by atoms with van der Waals surface area (Å²) in [5.41, 5.74) is 1.77. The lowest BCUT2D eigenvalue weighted by atomic mass is 10.1. The van der Waals surface area contributed by atoms with Crippen molar-refractivity contribution in [1.82, 2.24) is 9.80 Å². The van der Waals surface area contributed by atoms with Crippen LogP contribution in [-0.2, 0) is 29.1 Å². The fourth-order valence-electron chi connectivity index (χ4n) is 3.31. The minimum Gasteiger partial charge on any atom is -0.332 e. The second-order valence-electron chi connectivity index (χ2n) is 7.73. The van der Waals surface area contributed by atoms with Crippen molar-refractivity contribution in [3.63, 3.8) is 0 Å². The zero-order valence-electron chi connectivity index (χ0n) is 17.8. The van der Waals surface area contributed by atoms with Crippen molar-refractivity contribution in [3.05, 3.63) is 93.9 Å². The SMILES string of the molecule is CC(C)N(CC(=O)N(Cc1ccc(F)cc1)Cc1cccs1)C(=O)Cc1ccccc1. The lowest BCUT2D eigenvalue weighted by Gasteiger charge is -2.30. The first-order chi connectivity index (χ1) is 14.9. The van der Waals surface area contributed by atoms with Gasteiger partial charge in [-0.3, -0.25) is 9.59 Å². The Morgan fingerprint density at radius 3 is 2.19 bits per heavy atom. The van der Waals surface area contributed by atoms with E-state index >= 15 is 0 Å². The van der Waals surface area contributed by atoms with Gasteiger partial charge in [0, 0.05) is 17.5 Å². The smallest absolute Gasteiger partial charge is 0.242 e. The molecule has 2 aromatic carbocycles. The zero-order valence-corrected chi connectivity index (χ0v) is 18.6. The second kappa shape index (κ2) is 10.9. The van der Waals surface area contributed by atoms with Gasteiger partial charge in [-0.15, -0.1) is 11.3 Å². The van der Waals surface area contributed by atoms with E-state index < -0.39 is 0 Å². The Balaban J connectivity index is 1.74. The van der Waals surface area contributed by atoms with E-state index in [0.29, 0.717) is 13.1 Å². The Morgan fingerprint density at radius 1 is 0.871 bits per heavy atom. The first-order valence-electron chi connectivity index (χ1n) is 10.3. The number of hydrogen-bond acceptors (Lipinski definition) is 3. The molecule has 0 atom stereocenters. The van der Waals surface area contributed by atoms with E-state index in [-0.39, 0.29) is 36.6 Å². The van der Waals surface area contributed by atoms with E-state index in [1.54, 1.807) is 33.3 Å². The number of carbonyl (C=O) groups excluding carboxylic acids is 2. The lowest BCUT2D eigenvalue weighted by molar-refractivity contribution is -0.142. The molecule has 31 heavy (non-hydrogen) atoms. The molecular weight excluding hydrogens is 411 g/mol. The maximum absolute atomic E-state index is 13.3. The first-order valence-corrected chi connectivity index (χ1v) is 11.2. The minimum absolute atomic E-state index is 0.00982. The maximum atomic E-state index is 13.3. The standard InChI is InChI=1S/C25H27FN2O2S/c1-19(2)28(24(29)15-20-7-4-3-5-8-20)18-25(30)27(17-23-9-6-14-31-23)16-21-10-12-22(26)13-11-21/h3-14,19H,15-18H2,1-2H3. The number of halogens is 1. The van der Waals surface area contributed by atoms with E-state index in [1.807, 2.05) is 61.7 Å². The van der Waals surface area contributed by atoms with Gasteiger partial charge in [-0.1, -0.05) is 48.5 Å². The highest BCUT2D eigenvalue weighted by molar-refractivity contribution is 7.09. The van der Waals surface area contributed by atoms with Crippen LogP contribution in [0.4, 0.5) is 4.39 Å².